The number of aromatic nitrogens is 2. The van der Waals surface area contributed by atoms with Gasteiger partial charge < -0.3 is 10.7 Å². The molecule has 20 heavy (non-hydrogen) atoms. The molecule has 0 atom stereocenters. The summed E-state index contributed by atoms with van der Waals surface area (Å²) in [5.41, 5.74) is 0.924. The van der Waals surface area contributed by atoms with Crippen molar-refractivity contribution in [3.8, 4) is 0 Å². The average Bonchev–Trinajstić information content (AvgIpc) is 2.48. The van der Waals surface area contributed by atoms with Crippen LogP contribution in [0.5, 0.6) is 0 Å². The fourth-order valence-electron chi connectivity index (χ4n) is 1.57. The van der Waals surface area contributed by atoms with Crippen molar-refractivity contribution in [2.24, 2.45) is 0 Å². The molecule has 100 valence electrons. The van der Waals surface area contributed by atoms with Gasteiger partial charge in [-0.3, -0.25) is 0 Å². The molecule has 0 amide bonds. The Hall–Kier alpha value is -2.46. The Kier molecular flexibility index (Phi) is 4.27. The number of halogens is 1. The fraction of sp³-hybridized carbons (Fsp3) is 0.0769. The van der Waals surface area contributed by atoms with E-state index < -0.39 is 5.82 Å². The lowest BCUT2D eigenvalue weighted by Gasteiger charge is -2.11. The predicted molar refractivity (Wildman–Crippen MR) is 77.6 cm³/mol. The number of rotatable bonds is 4. The first-order valence-electron chi connectivity index (χ1n) is 5.53. The quantitative estimate of drug-likeness (QED) is 0.390. The Balaban J connectivity index is 2.40. The standard InChI is InChI=1S/C13H10FN5S/c1-16-8-3-4-11(10(14)5-8)19-12-9(6-15)13(20-2)18-7-17-12/h3-7,15H,2H3,(H,17,18,19). The van der Waals surface area contributed by atoms with E-state index in [-0.39, 0.29) is 11.4 Å². The highest BCUT2D eigenvalue weighted by molar-refractivity contribution is 7.98. The molecule has 0 radical (unpaired) electrons. The molecule has 1 heterocycles. The summed E-state index contributed by atoms with van der Waals surface area (Å²) in [5, 5.41) is 10.9. The van der Waals surface area contributed by atoms with Crippen LogP contribution in [0.3, 0.4) is 0 Å². The third-order valence-electron chi connectivity index (χ3n) is 2.52. The number of nitrogens with one attached hydrogen (secondary N) is 2. The molecule has 0 spiro atoms. The van der Waals surface area contributed by atoms with E-state index in [0.717, 1.165) is 12.3 Å². The highest BCUT2D eigenvalue weighted by Crippen LogP contribution is 2.27. The Morgan fingerprint density at radius 2 is 2.25 bits per heavy atom. The Morgan fingerprint density at radius 3 is 2.85 bits per heavy atom. The third-order valence-corrected chi connectivity index (χ3v) is 3.23. The summed E-state index contributed by atoms with van der Waals surface area (Å²) < 4.78 is 13.8. The maximum Gasteiger partial charge on any atom is 0.190 e. The zero-order chi connectivity index (χ0) is 14.5. The van der Waals surface area contributed by atoms with Crippen LogP contribution in [0.2, 0.25) is 0 Å². The summed E-state index contributed by atoms with van der Waals surface area (Å²) in [6, 6.07) is 4.13. The monoisotopic (exact) mass is 287 g/mol. The van der Waals surface area contributed by atoms with Crippen LogP contribution in [0.25, 0.3) is 4.85 Å². The van der Waals surface area contributed by atoms with Gasteiger partial charge in [-0.15, -0.1) is 11.8 Å². The number of benzene rings is 1. The summed E-state index contributed by atoms with van der Waals surface area (Å²) in [5.74, 6) is -0.187. The molecule has 1 aromatic carbocycles. The molecule has 0 aliphatic carbocycles. The number of hydrogen-bond acceptors (Lipinski definition) is 5. The second-order valence-corrected chi connectivity index (χ2v) is 4.49. The van der Waals surface area contributed by atoms with E-state index in [1.54, 1.807) is 0 Å². The van der Waals surface area contributed by atoms with Gasteiger partial charge in [0.05, 0.1) is 17.8 Å². The average molecular weight is 287 g/mol. The van der Waals surface area contributed by atoms with Gasteiger partial charge in [0.15, 0.2) is 5.69 Å². The summed E-state index contributed by atoms with van der Waals surface area (Å²) in [6.45, 7) is 6.83. The van der Waals surface area contributed by atoms with Crippen molar-refractivity contribution in [1.82, 2.24) is 9.97 Å². The van der Waals surface area contributed by atoms with E-state index >= 15 is 0 Å². The van der Waals surface area contributed by atoms with Crippen LogP contribution >= 0.6 is 11.8 Å². The van der Waals surface area contributed by atoms with Crippen LogP contribution < -0.4 is 5.32 Å². The van der Waals surface area contributed by atoms with Crippen molar-refractivity contribution < 1.29 is 4.39 Å². The largest absolute Gasteiger partial charge is 0.337 e. The molecule has 0 saturated heterocycles. The molecule has 2 aromatic rings. The minimum atomic E-state index is -0.543. The van der Waals surface area contributed by atoms with Crippen molar-refractivity contribution in [3.63, 3.8) is 0 Å². The first-order chi connectivity index (χ1) is 9.69. The lowest BCUT2D eigenvalue weighted by molar-refractivity contribution is 0.632. The van der Waals surface area contributed by atoms with Crippen molar-refractivity contribution in [3.05, 3.63) is 47.3 Å². The van der Waals surface area contributed by atoms with E-state index in [2.05, 4.69) is 20.1 Å². The minimum absolute atomic E-state index is 0.200. The molecule has 0 unspecified atom stereocenters. The number of anilines is 2. The highest BCUT2D eigenvalue weighted by atomic mass is 32.2. The van der Waals surface area contributed by atoms with Gasteiger partial charge in [-0.2, -0.15) is 0 Å². The number of thioether (sulfide) groups is 1. The van der Waals surface area contributed by atoms with Crippen LogP contribution in [-0.2, 0) is 0 Å². The van der Waals surface area contributed by atoms with Crippen LogP contribution in [-0.4, -0.2) is 22.4 Å². The molecule has 7 heteroatoms. The predicted octanol–water partition coefficient (Wildman–Crippen LogP) is 3.63. The smallest absolute Gasteiger partial charge is 0.190 e. The maximum atomic E-state index is 13.8. The molecular formula is C13H10FN5S. The van der Waals surface area contributed by atoms with Crippen molar-refractivity contribution in [1.29, 1.82) is 5.41 Å². The van der Waals surface area contributed by atoms with Gasteiger partial charge in [-0.25, -0.2) is 19.2 Å². The SMILES string of the molecule is [C-]#[N+]c1ccc(Nc2ncnc(SC)c2C=N)c(F)c1. The lowest BCUT2D eigenvalue weighted by Crippen LogP contribution is -2.03. The summed E-state index contributed by atoms with van der Waals surface area (Å²) in [7, 11) is 0. The second-order valence-electron chi connectivity index (χ2n) is 3.69. The van der Waals surface area contributed by atoms with Crippen LogP contribution in [0.1, 0.15) is 5.56 Å². The molecule has 0 aliphatic heterocycles. The fourth-order valence-corrected chi connectivity index (χ4v) is 2.10. The first-order valence-corrected chi connectivity index (χ1v) is 6.75. The van der Waals surface area contributed by atoms with Gasteiger partial charge in [0, 0.05) is 6.21 Å². The normalized spacial score (nSPS) is 9.85. The molecule has 2 rings (SSSR count). The van der Waals surface area contributed by atoms with E-state index in [4.69, 9.17) is 12.0 Å². The van der Waals surface area contributed by atoms with E-state index in [9.17, 15) is 4.39 Å². The van der Waals surface area contributed by atoms with Gasteiger partial charge >= 0.3 is 0 Å². The molecule has 0 bridgehead atoms. The van der Waals surface area contributed by atoms with E-state index in [0.29, 0.717) is 16.4 Å². The van der Waals surface area contributed by atoms with Crippen molar-refractivity contribution >= 4 is 35.2 Å². The van der Waals surface area contributed by atoms with Gasteiger partial charge in [-0.1, -0.05) is 6.07 Å². The second kappa shape index (κ2) is 6.12. The summed E-state index contributed by atoms with van der Waals surface area (Å²) in [4.78, 5) is 11.2. The lowest BCUT2D eigenvalue weighted by atomic mass is 10.2. The van der Waals surface area contributed by atoms with Gasteiger partial charge in [0.2, 0.25) is 0 Å². The molecule has 2 N–H and O–H groups in total. The third kappa shape index (κ3) is 2.75. The van der Waals surface area contributed by atoms with E-state index in [1.165, 1.54) is 30.2 Å². The Morgan fingerprint density at radius 1 is 1.45 bits per heavy atom. The molecule has 5 nitrogen and oxygen atoms in total. The summed E-state index contributed by atoms with van der Waals surface area (Å²) >= 11 is 1.38. The number of nitrogens with zero attached hydrogens (tertiary/aromatic N) is 3. The zero-order valence-electron chi connectivity index (χ0n) is 10.5. The number of hydrogen-bond donors (Lipinski definition) is 2. The molecule has 0 saturated carbocycles. The Labute approximate surface area is 119 Å². The topological polar surface area (TPSA) is 66.0 Å². The van der Waals surface area contributed by atoms with Crippen LogP contribution in [0.15, 0.2) is 29.6 Å². The van der Waals surface area contributed by atoms with E-state index in [1.807, 2.05) is 6.26 Å². The van der Waals surface area contributed by atoms with Gasteiger partial charge in [-0.05, 0) is 18.4 Å². The molecule has 1 aromatic heterocycles. The van der Waals surface area contributed by atoms with Crippen molar-refractivity contribution in [2.45, 2.75) is 5.03 Å². The van der Waals surface area contributed by atoms with Gasteiger partial charge in [0.25, 0.3) is 0 Å². The first kappa shape index (κ1) is 14.0. The maximum absolute atomic E-state index is 13.8. The zero-order valence-corrected chi connectivity index (χ0v) is 11.3. The summed E-state index contributed by atoms with van der Waals surface area (Å²) in [6.07, 6.45) is 4.32. The van der Waals surface area contributed by atoms with Crippen LogP contribution in [0, 0.1) is 17.8 Å². The molecule has 0 fully saturated rings. The van der Waals surface area contributed by atoms with Crippen molar-refractivity contribution in [2.75, 3.05) is 11.6 Å². The van der Waals surface area contributed by atoms with Crippen LogP contribution in [0.4, 0.5) is 21.6 Å². The molecular weight excluding hydrogens is 277 g/mol. The minimum Gasteiger partial charge on any atom is -0.337 e. The Bertz CT molecular complexity index is 696. The highest BCUT2D eigenvalue weighted by Gasteiger charge is 2.11. The van der Waals surface area contributed by atoms with Gasteiger partial charge in [0.1, 0.15) is 23.0 Å². The molecule has 0 aliphatic rings.